The van der Waals surface area contributed by atoms with Gasteiger partial charge in [-0.05, 0) is 18.6 Å². The number of para-hydroxylation sites is 1. The monoisotopic (exact) mass is 412 g/mol. The molecular weight excluding hydrogens is 388 g/mol. The Hall–Kier alpha value is -3.36. The predicted octanol–water partition coefficient (Wildman–Crippen LogP) is 0.958. The summed E-state index contributed by atoms with van der Waals surface area (Å²) in [6, 6.07) is 8.53. The van der Waals surface area contributed by atoms with Crippen LogP contribution >= 0.6 is 0 Å². The van der Waals surface area contributed by atoms with Gasteiger partial charge in [0.25, 0.3) is 11.8 Å². The van der Waals surface area contributed by atoms with Gasteiger partial charge in [-0.3, -0.25) is 14.4 Å². The number of fused-ring (bicyclic) bond motifs is 1. The summed E-state index contributed by atoms with van der Waals surface area (Å²) < 4.78 is 11.1. The summed E-state index contributed by atoms with van der Waals surface area (Å²) in [7, 11) is 3.30. The molecule has 1 saturated heterocycles. The van der Waals surface area contributed by atoms with Gasteiger partial charge in [-0.2, -0.15) is 0 Å². The van der Waals surface area contributed by atoms with Gasteiger partial charge in [0.1, 0.15) is 17.9 Å². The minimum Gasteiger partial charge on any atom is -0.490 e. The van der Waals surface area contributed by atoms with E-state index in [0.29, 0.717) is 23.4 Å². The van der Waals surface area contributed by atoms with Crippen molar-refractivity contribution in [3.05, 3.63) is 47.3 Å². The lowest BCUT2D eigenvalue weighted by molar-refractivity contribution is -0.134. The molecule has 9 heteroatoms. The number of aryl methyl sites for hydroxylation is 1. The van der Waals surface area contributed by atoms with Gasteiger partial charge in [0, 0.05) is 33.3 Å². The van der Waals surface area contributed by atoms with Crippen molar-refractivity contribution in [2.45, 2.75) is 18.9 Å². The summed E-state index contributed by atoms with van der Waals surface area (Å²) in [6.07, 6.45) is 0.643. The minimum absolute atomic E-state index is 0.0698. The first-order valence-corrected chi connectivity index (χ1v) is 9.85. The van der Waals surface area contributed by atoms with Crippen molar-refractivity contribution in [1.29, 1.82) is 0 Å². The van der Waals surface area contributed by atoms with E-state index >= 15 is 0 Å². The molecule has 3 amide bonds. The van der Waals surface area contributed by atoms with Gasteiger partial charge in [0.05, 0.1) is 17.2 Å². The Morgan fingerprint density at radius 2 is 2.10 bits per heavy atom. The highest BCUT2D eigenvalue weighted by molar-refractivity contribution is 5.99. The van der Waals surface area contributed by atoms with Gasteiger partial charge >= 0.3 is 0 Å². The minimum atomic E-state index is -1.05. The number of nitrogens with zero attached hydrogens (tertiary/aromatic N) is 3. The molecule has 0 radical (unpaired) electrons. The lowest BCUT2D eigenvalue weighted by Gasteiger charge is -2.33. The first kappa shape index (κ1) is 19.9. The molecule has 9 nitrogen and oxygen atoms in total. The van der Waals surface area contributed by atoms with E-state index in [1.54, 1.807) is 44.4 Å². The van der Waals surface area contributed by atoms with Gasteiger partial charge in [-0.15, -0.1) is 0 Å². The quantitative estimate of drug-likeness (QED) is 0.805. The molecule has 0 unspecified atom stereocenters. The van der Waals surface area contributed by atoms with Gasteiger partial charge < -0.3 is 24.4 Å². The van der Waals surface area contributed by atoms with E-state index in [9.17, 15) is 14.4 Å². The van der Waals surface area contributed by atoms with E-state index in [2.05, 4.69) is 10.5 Å². The van der Waals surface area contributed by atoms with Gasteiger partial charge in [-0.25, -0.2) is 0 Å². The SMILES string of the molecule is CCc1cc(C(=O)N2C[C@H](C(=O)N(C)C)[C@]3(COc4ccccc4C(=O)N3)C2)on1. The molecule has 2 aromatic rings. The molecular formula is C21H24N4O5. The van der Waals surface area contributed by atoms with Crippen LogP contribution in [0.3, 0.4) is 0 Å². The molecule has 2 aliphatic rings. The lowest BCUT2D eigenvalue weighted by atomic mass is 9.86. The molecule has 1 fully saturated rings. The zero-order valence-corrected chi connectivity index (χ0v) is 17.2. The molecule has 1 aromatic carbocycles. The fraction of sp³-hybridized carbons (Fsp3) is 0.429. The van der Waals surface area contributed by atoms with Crippen LogP contribution in [0, 0.1) is 5.92 Å². The van der Waals surface area contributed by atoms with Gasteiger partial charge in [-0.1, -0.05) is 24.2 Å². The maximum absolute atomic E-state index is 13.0. The first-order valence-electron chi connectivity index (χ1n) is 9.85. The molecule has 4 rings (SSSR count). The molecule has 3 heterocycles. The Bertz CT molecular complexity index is 1000. The van der Waals surface area contributed by atoms with Gasteiger partial charge in [0.15, 0.2) is 0 Å². The smallest absolute Gasteiger partial charge is 0.292 e. The number of nitrogens with one attached hydrogen (secondary N) is 1. The van der Waals surface area contributed by atoms with Crippen molar-refractivity contribution in [3.63, 3.8) is 0 Å². The van der Waals surface area contributed by atoms with Crippen LogP contribution in [0.1, 0.15) is 33.5 Å². The number of hydrogen-bond donors (Lipinski definition) is 1. The highest BCUT2D eigenvalue weighted by atomic mass is 16.5. The van der Waals surface area contributed by atoms with E-state index in [0.717, 1.165) is 0 Å². The van der Waals surface area contributed by atoms with Crippen molar-refractivity contribution < 1.29 is 23.6 Å². The Balaban J connectivity index is 1.67. The van der Waals surface area contributed by atoms with Gasteiger partial charge in [0.2, 0.25) is 11.7 Å². The van der Waals surface area contributed by atoms with Crippen molar-refractivity contribution in [2.75, 3.05) is 33.8 Å². The topological polar surface area (TPSA) is 105 Å². The Labute approximate surface area is 173 Å². The molecule has 0 saturated carbocycles. The fourth-order valence-corrected chi connectivity index (χ4v) is 4.02. The standard InChI is InChI=1S/C21H24N4O5/c1-4-13-9-17(30-23-13)20(28)25-10-15(19(27)24(2)3)21(11-25)12-29-16-8-6-5-7-14(16)18(26)22-21/h5-9,15H,4,10-12H2,1-3H3,(H,22,26)/t15-,21-/m1/s1. The maximum Gasteiger partial charge on any atom is 0.292 e. The lowest BCUT2D eigenvalue weighted by Crippen LogP contribution is -2.60. The number of carbonyl (C=O) groups excluding carboxylic acids is 3. The number of benzene rings is 1. The maximum atomic E-state index is 13.0. The largest absolute Gasteiger partial charge is 0.490 e. The van der Waals surface area contributed by atoms with Crippen LogP contribution in [0.25, 0.3) is 0 Å². The van der Waals surface area contributed by atoms with Crippen molar-refractivity contribution in [2.24, 2.45) is 5.92 Å². The number of aromatic nitrogens is 1. The second-order valence-electron chi connectivity index (χ2n) is 7.90. The van der Waals surface area contributed by atoms with E-state index < -0.39 is 11.5 Å². The normalized spacial score (nSPS) is 22.8. The van der Waals surface area contributed by atoms with Crippen molar-refractivity contribution in [1.82, 2.24) is 20.3 Å². The number of amides is 3. The molecule has 158 valence electrons. The third-order valence-electron chi connectivity index (χ3n) is 5.68. The van der Waals surface area contributed by atoms with Crippen LogP contribution < -0.4 is 10.1 Å². The molecule has 1 aromatic heterocycles. The van der Waals surface area contributed by atoms with E-state index in [1.807, 2.05) is 6.92 Å². The molecule has 2 atom stereocenters. The van der Waals surface area contributed by atoms with E-state index in [4.69, 9.17) is 9.26 Å². The third kappa shape index (κ3) is 3.30. The Morgan fingerprint density at radius 3 is 2.80 bits per heavy atom. The summed E-state index contributed by atoms with van der Waals surface area (Å²) in [5.74, 6) is -0.983. The molecule has 0 bridgehead atoms. The predicted molar refractivity (Wildman–Crippen MR) is 106 cm³/mol. The Kier molecular flexibility index (Phi) is 4.97. The number of ether oxygens (including phenoxy) is 1. The number of rotatable bonds is 3. The second kappa shape index (κ2) is 7.47. The molecule has 0 aliphatic carbocycles. The Morgan fingerprint density at radius 1 is 1.33 bits per heavy atom. The fourth-order valence-electron chi connectivity index (χ4n) is 4.02. The van der Waals surface area contributed by atoms with Crippen LogP contribution in [0.4, 0.5) is 0 Å². The summed E-state index contributed by atoms with van der Waals surface area (Å²) >= 11 is 0. The highest BCUT2D eigenvalue weighted by Crippen LogP contribution is 2.34. The van der Waals surface area contributed by atoms with Crippen LogP contribution in [0.5, 0.6) is 5.75 Å². The average molecular weight is 412 g/mol. The van der Waals surface area contributed by atoms with E-state index in [1.165, 1.54) is 9.80 Å². The first-order chi connectivity index (χ1) is 14.3. The average Bonchev–Trinajstić information content (AvgIpc) is 3.33. The summed E-state index contributed by atoms with van der Waals surface area (Å²) in [5, 5.41) is 6.87. The molecule has 30 heavy (non-hydrogen) atoms. The summed E-state index contributed by atoms with van der Waals surface area (Å²) in [5.41, 5.74) is 0.0218. The molecule has 1 N–H and O–H groups in total. The van der Waals surface area contributed by atoms with Crippen LogP contribution in [0.15, 0.2) is 34.9 Å². The van der Waals surface area contributed by atoms with Crippen LogP contribution in [-0.4, -0.2) is 72.0 Å². The van der Waals surface area contributed by atoms with Crippen molar-refractivity contribution >= 4 is 17.7 Å². The second-order valence-corrected chi connectivity index (χ2v) is 7.90. The summed E-state index contributed by atoms with van der Waals surface area (Å²) in [4.78, 5) is 42.0. The van der Waals surface area contributed by atoms with Crippen molar-refractivity contribution in [3.8, 4) is 5.75 Å². The molecule has 2 aliphatic heterocycles. The third-order valence-corrected chi connectivity index (χ3v) is 5.68. The summed E-state index contributed by atoms with van der Waals surface area (Å²) in [6.45, 7) is 2.25. The number of likely N-dealkylation sites (tertiary alicyclic amines) is 1. The number of hydrogen-bond acceptors (Lipinski definition) is 6. The van der Waals surface area contributed by atoms with Crippen LogP contribution in [-0.2, 0) is 11.2 Å². The molecule has 1 spiro atoms. The zero-order chi connectivity index (χ0) is 21.5. The van der Waals surface area contributed by atoms with E-state index in [-0.39, 0.29) is 43.2 Å². The number of carbonyl (C=O) groups is 3. The highest BCUT2D eigenvalue weighted by Gasteiger charge is 2.55. The zero-order valence-electron chi connectivity index (χ0n) is 17.2. The van der Waals surface area contributed by atoms with Crippen LogP contribution in [0.2, 0.25) is 0 Å².